The van der Waals surface area contributed by atoms with Crippen molar-refractivity contribution >= 4 is 5.82 Å². The lowest BCUT2D eigenvalue weighted by atomic mass is 10.1. The summed E-state index contributed by atoms with van der Waals surface area (Å²) in [7, 11) is 1.75. The number of aromatic nitrogens is 4. The molecule has 0 aliphatic carbocycles. The van der Waals surface area contributed by atoms with E-state index in [4.69, 9.17) is 0 Å². The molecule has 1 aromatic carbocycles. The highest BCUT2D eigenvalue weighted by Gasteiger charge is 2.09. The second-order valence-corrected chi connectivity index (χ2v) is 4.36. The SMILES string of the molecule is CNc1ccc(-c2ccc(-n3cc(F)cn3)cc2O)nn1. The summed E-state index contributed by atoms with van der Waals surface area (Å²) >= 11 is 0. The molecule has 2 heterocycles. The molecule has 0 bridgehead atoms. The molecule has 6 nitrogen and oxygen atoms in total. The molecule has 0 radical (unpaired) electrons. The molecule has 0 spiro atoms. The van der Waals surface area contributed by atoms with Crippen LogP contribution < -0.4 is 5.32 Å². The van der Waals surface area contributed by atoms with Crippen molar-refractivity contribution in [2.45, 2.75) is 0 Å². The Bertz CT molecular complexity index is 769. The average molecular weight is 285 g/mol. The van der Waals surface area contributed by atoms with Crippen molar-refractivity contribution in [2.75, 3.05) is 12.4 Å². The summed E-state index contributed by atoms with van der Waals surface area (Å²) in [6.07, 6.45) is 2.34. The number of hydrogen-bond acceptors (Lipinski definition) is 5. The Morgan fingerprint density at radius 3 is 2.62 bits per heavy atom. The Morgan fingerprint density at radius 2 is 2.05 bits per heavy atom. The molecule has 7 heteroatoms. The van der Waals surface area contributed by atoms with E-state index in [0.717, 1.165) is 6.20 Å². The summed E-state index contributed by atoms with van der Waals surface area (Å²) in [5.41, 5.74) is 1.64. The van der Waals surface area contributed by atoms with Crippen LogP contribution >= 0.6 is 0 Å². The topological polar surface area (TPSA) is 75.9 Å². The molecule has 0 saturated carbocycles. The summed E-state index contributed by atoms with van der Waals surface area (Å²) in [5, 5.41) is 24.8. The summed E-state index contributed by atoms with van der Waals surface area (Å²) in [4.78, 5) is 0. The first-order valence-corrected chi connectivity index (χ1v) is 6.23. The fraction of sp³-hybridized carbons (Fsp3) is 0.0714. The van der Waals surface area contributed by atoms with E-state index in [1.807, 2.05) is 0 Å². The van der Waals surface area contributed by atoms with E-state index in [-0.39, 0.29) is 5.75 Å². The highest BCUT2D eigenvalue weighted by molar-refractivity contribution is 5.68. The van der Waals surface area contributed by atoms with Crippen LogP contribution in [0.5, 0.6) is 5.75 Å². The van der Waals surface area contributed by atoms with Crippen molar-refractivity contribution in [1.29, 1.82) is 0 Å². The van der Waals surface area contributed by atoms with E-state index in [2.05, 4.69) is 20.6 Å². The van der Waals surface area contributed by atoms with Crippen LogP contribution in [0.4, 0.5) is 10.2 Å². The van der Waals surface area contributed by atoms with Crippen molar-refractivity contribution in [3.05, 3.63) is 48.5 Å². The summed E-state index contributed by atoms with van der Waals surface area (Å²) < 4.78 is 14.3. The van der Waals surface area contributed by atoms with Gasteiger partial charge < -0.3 is 10.4 Å². The van der Waals surface area contributed by atoms with Crippen LogP contribution in [0.1, 0.15) is 0 Å². The Kier molecular flexibility index (Phi) is 3.23. The number of rotatable bonds is 3. The van der Waals surface area contributed by atoms with Gasteiger partial charge in [-0.3, -0.25) is 0 Å². The third kappa shape index (κ3) is 2.53. The average Bonchev–Trinajstić information content (AvgIpc) is 2.94. The van der Waals surface area contributed by atoms with Gasteiger partial charge in [0.1, 0.15) is 11.6 Å². The third-order valence-electron chi connectivity index (χ3n) is 2.99. The largest absolute Gasteiger partial charge is 0.507 e. The minimum Gasteiger partial charge on any atom is -0.507 e. The molecule has 0 unspecified atom stereocenters. The Hall–Kier alpha value is -2.96. The van der Waals surface area contributed by atoms with Crippen molar-refractivity contribution in [3.63, 3.8) is 0 Å². The van der Waals surface area contributed by atoms with Gasteiger partial charge in [-0.25, -0.2) is 9.07 Å². The number of anilines is 1. The molecule has 3 rings (SSSR count). The van der Waals surface area contributed by atoms with Crippen molar-refractivity contribution in [3.8, 4) is 22.7 Å². The van der Waals surface area contributed by atoms with Gasteiger partial charge in [-0.15, -0.1) is 10.2 Å². The molecule has 0 aliphatic rings. The van der Waals surface area contributed by atoms with Gasteiger partial charge in [0, 0.05) is 18.7 Å². The van der Waals surface area contributed by atoms with Crippen LogP contribution in [0.15, 0.2) is 42.7 Å². The number of hydrogen-bond donors (Lipinski definition) is 2. The molecule has 0 fully saturated rings. The predicted molar refractivity (Wildman–Crippen MR) is 75.8 cm³/mol. The van der Waals surface area contributed by atoms with Crippen molar-refractivity contribution in [2.24, 2.45) is 0 Å². The van der Waals surface area contributed by atoms with Crippen LogP contribution in [0.2, 0.25) is 0 Å². The molecule has 0 amide bonds. The lowest BCUT2D eigenvalue weighted by Crippen LogP contribution is -1.97. The first-order valence-electron chi connectivity index (χ1n) is 6.23. The Balaban J connectivity index is 1.97. The zero-order chi connectivity index (χ0) is 14.8. The third-order valence-corrected chi connectivity index (χ3v) is 2.99. The smallest absolute Gasteiger partial charge is 0.161 e. The van der Waals surface area contributed by atoms with Crippen LogP contribution in [-0.2, 0) is 0 Å². The van der Waals surface area contributed by atoms with Crippen molar-refractivity contribution < 1.29 is 9.50 Å². The van der Waals surface area contributed by atoms with Gasteiger partial charge in [0.05, 0.1) is 23.8 Å². The van der Waals surface area contributed by atoms with Crippen LogP contribution in [-0.4, -0.2) is 32.1 Å². The highest BCUT2D eigenvalue weighted by Crippen LogP contribution is 2.29. The first kappa shape index (κ1) is 13.0. The molecule has 0 aliphatic heterocycles. The van der Waals surface area contributed by atoms with E-state index in [1.54, 1.807) is 31.3 Å². The van der Waals surface area contributed by atoms with Gasteiger partial charge in [0.25, 0.3) is 0 Å². The lowest BCUT2D eigenvalue weighted by molar-refractivity contribution is 0.476. The highest BCUT2D eigenvalue weighted by atomic mass is 19.1. The van der Waals surface area contributed by atoms with E-state index in [1.165, 1.54) is 16.9 Å². The molecule has 3 aromatic rings. The van der Waals surface area contributed by atoms with Gasteiger partial charge in [-0.2, -0.15) is 5.10 Å². The Labute approximate surface area is 119 Å². The quantitative estimate of drug-likeness (QED) is 0.771. The minimum absolute atomic E-state index is 0.0231. The zero-order valence-electron chi connectivity index (χ0n) is 11.2. The van der Waals surface area contributed by atoms with E-state index < -0.39 is 5.82 Å². The van der Waals surface area contributed by atoms with E-state index in [9.17, 15) is 9.50 Å². The standard InChI is InChI=1S/C14H12FN5O/c1-16-14-5-4-12(18-19-14)11-3-2-10(6-13(11)21)20-8-9(15)7-17-20/h2-8,21H,1H3,(H,16,19). The molecule has 2 aromatic heterocycles. The molecule has 21 heavy (non-hydrogen) atoms. The van der Waals surface area contributed by atoms with Gasteiger partial charge >= 0.3 is 0 Å². The molecule has 106 valence electrons. The number of nitrogens with zero attached hydrogens (tertiary/aromatic N) is 4. The maximum absolute atomic E-state index is 13.0. The molecular weight excluding hydrogens is 273 g/mol. The maximum atomic E-state index is 13.0. The Morgan fingerprint density at radius 1 is 1.19 bits per heavy atom. The monoisotopic (exact) mass is 285 g/mol. The van der Waals surface area contributed by atoms with Crippen LogP contribution in [0, 0.1) is 5.82 Å². The number of halogens is 1. The second kappa shape index (κ2) is 5.20. The molecular formula is C14H12FN5O. The van der Waals surface area contributed by atoms with E-state index in [0.29, 0.717) is 22.8 Å². The summed E-state index contributed by atoms with van der Waals surface area (Å²) in [6.45, 7) is 0. The molecule has 2 N–H and O–H groups in total. The van der Waals surface area contributed by atoms with Gasteiger partial charge in [-0.05, 0) is 24.3 Å². The maximum Gasteiger partial charge on any atom is 0.161 e. The predicted octanol–water partition coefficient (Wildman–Crippen LogP) is 2.22. The van der Waals surface area contributed by atoms with E-state index >= 15 is 0 Å². The van der Waals surface area contributed by atoms with Gasteiger partial charge in [-0.1, -0.05) is 0 Å². The fourth-order valence-corrected chi connectivity index (χ4v) is 1.93. The summed E-state index contributed by atoms with van der Waals surface area (Å²) in [5.74, 6) is 0.226. The van der Waals surface area contributed by atoms with Crippen molar-refractivity contribution in [1.82, 2.24) is 20.0 Å². The first-order chi connectivity index (χ1) is 10.2. The fourth-order valence-electron chi connectivity index (χ4n) is 1.93. The minimum atomic E-state index is -0.438. The number of phenolic OH excluding ortho intramolecular Hbond substituents is 1. The van der Waals surface area contributed by atoms with Crippen LogP contribution in [0.3, 0.4) is 0 Å². The lowest BCUT2D eigenvalue weighted by Gasteiger charge is -2.07. The normalized spacial score (nSPS) is 10.6. The number of aromatic hydroxyl groups is 1. The second-order valence-electron chi connectivity index (χ2n) is 4.36. The number of nitrogens with one attached hydrogen (secondary N) is 1. The van der Waals surface area contributed by atoms with Gasteiger partial charge in [0.2, 0.25) is 0 Å². The zero-order valence-corrected chi connectivity index (χ0v) is 11.2. The summed E-state index contributed by atoms with van der Waals surface area (Å²) in [6, 6.07) is 8.41. The van der Waals surface area contributed by atoms with Gasteiger partial charge in [0.15, 0.2) is 5.82 Å². The number of benzene rings is 1. The molecule has 0 saturated heterocycles. The number of phenols is 1. The van der Waals surface area contributed by atoms with Crippen LogP contribution in [0.25, 0.3) is 16.9 Å². The molecule has 0 atom stereocenters.